The van der Waals surface area contributed by atoms with E-state index in [9.17, 15) is 4.39 Å². The zero-order chi connectivity index (χ0) is 13.5. The standard InChI is InChI=1S/C15H23ClFN/c1-4-6-7-11(3)15(18-5-2)13-10-12(17)8-9-14(13)16/h8-11,15,18H,4-7H2,1-3H3. The Balaban J connectivity index is 2.92. The molecule has 1 rings (SSSR count). The molecule has 1 aromatic carbocycles. The molecule has 0 saturated carbocycles. The predicted octanol–water partition coefficient (Wildman–Crippen LogP) is 4.96. The molecule has 1 aromatic rings. The molecule has 0 spiro atoms. The van der Waals surface area contributed by atoms with Gasteiger partial charge in [0.25, 0.3) is 0 Å². The molecule has 0 heterocycles. The first-order valence-electron chi connectivity index (χ1n) is 6.78. The van der Waals surface area contributed by atoms with Gasteiger partial charge in [-0.3, -0.25) is 0 Å². The monoisotopic (exact) mass is 271 g/mol. The third kappa shape index (κ3) is 4.25. The molecule has 2 unspecified atom stereocenters. The van der Waals surface area contributed by atoms with E-state index in [1.54, 1.807) is 12.1 Å². The summed E-state index contributed by atoms with van der Waals surface area (Å²) < 4.78 is 13.4. The molecule has 2 atom stereocenters. The quantitative estimate of drug-likeness (QED) is 0.739. The van der Waals surface area contributed by atoms with Crippen LogP contribution in [-0.2, 0) is 0 Å². The zero-order valence-electron chi connectivity index (χ0n) is 11.5. The van der Waals surface area contributed by atoms with Crippen molar-refractivity contribution in [2.75, 3.05) is 6.54 Å². The van der Waals surface area contributed by atoms with E-state index in [4.69, 9.17) is 11.6 Å². The molecule has 0 radical (unpaired) electrons. The lowest BCUT2D eigenvalue weighted by molar-refractivity contribution is 0.362. The summed E-state index contributed by atoms with van der Waals surface area (Å²) in [5.41, 5.74) is 0.877. The first-order chi connectivity index (χ1) is 8.60. The largest absolute Gasteiger partial charge is 0.310 e. The summed E-state index contributed by atoms with van der Waals surface area (Å²) in [7, 11) is 0. The van der Waals surface area contributed by atoms with Gasteiger partial charge in [-0.05, 0) is 42.6 Å². The first-order valence-corrected chi connectivity index (χ1v) is 7.16. The van der Waals surface area contributed by atoms with E-state index in [2.05, 4.69) is 26.1 Å². The summed E-state index contributed by atoms with van der Waals surface area (Å²) in [6.07, 6.45) is 3.50. The van der Waals surface area contributed by atoms with Crippen LogP contribution in [0.3, 0.4) is 0 Å². The van der Waals surface area contributed by atoms with Crippen molar-refractivity contribution in [1.29, 1.82) is 0 Å². The number of hydrogen-bond donors (Lipinski definition) is 1. The highest BCUT2D eigenvalue weighted by Crippen LogP contribution is 2.31. The summed E-state index contributed by atoms with van der Waals surface area (Å²) in [4.78, 5) is 0. The van der Waals surface area contributed by atoms with E-state index in [1.807, 2.05) is 0 Å². The van der Waals surface area contributed by atoms with Gasteiger partial charge in [0.1, 0.15) is 5.82 Å². The fraction of sp³-hybridized carbons (Fsp3) is 0.600. The Bertz CT molecular complexity index is 368. The number of benzene rings is 1. The van der Waals surface area contributed by atoms with Crippen LogP contribution in [-0.4, -0.2) is 6.54 Å². The second-order valence-corrected chi connectivity index (χ2v) is 5.23. The number of hydrogen-bond acceptors (Lipinski definition) is 1. The molecule has 0 aliphatic rings. The SMILES string of the molecule is CCCCC(C)C(NCC)c1cc(F)ccc1Cl. The van der Waals surface area contributed by atoms with E-state index in [-0.39, 0.29) is 11.9 Å². The van der Waals surface area contributed by atoms with Gasteiger partial charge in [-0.1, -0.05) is 45.2 Å². The van der Waals surface area contributed by atoms with Gasteiger partial charge in [0.05, 0.1) is 0 Å². The van der Waals surface area contributed by atoms with Gasteiger partial charge >= 0.3 is 0 Å². The summed E-state index contributed by atoms with van der Waals surface area (Å²) in [5, 5.41) is 4.07. The molecule has 102 valence electrons. The van der Waals surface area contributed by atoms with Crippen molar-refractivity contribution >= 4 is 11.6 Å². The van der Waals surface area contributed by atoms with E-state index in [0.29, 0.717) is 10.9 Å². The maximum Gasteiger partial charge on any atom is 0.123 e. The van der Waals surface area contributed by atoms with Crippen molar-refractivity contribution in [3.8, 4) is 0 Å². The van der Waals surface area contributed by atoms with Gasteiger partial charge in [0.2, 0.25) is 0 Å². The number of nitrogens with one attached hydrogen (secondary N) is 1. The van der Waals surface area contributed by atoms with Crippen LogP contribution in [0.4, 0.5) is 4.39 Å². The van der Waals surface area contributed by atoms with E-state index >= 15 is 0 Å². The summed E-state index contributed by atoms with van der Waals surface area (Å²) >= 11 is 6.20. The first kappa shape index (κ1) is 15.5. The topological polar surface area (TPSA) is 12.0 Å². The molecule has 0 amide bonds. The van der Waals surface area contributed by atoms with Crippen LogP contribution in [0.5, 0.6) is 0 Å². The number of rotatable bonds is 7. The Morgan fingerprint density at radius 3 is 2.67 bits per heavy atom. The average Bonchev–Trinajstić information content (AvgIpc) is 2.36. The third-order valence-electron chi connectivity index (χ3n) is 3.30. The van der Waals surface area contributed by atoms with Gasteiger partial charge in [-0.15, -0.1) is 0 Å². The van der Waals surface area contributed by atoms with Gasteiger partial charge < -0.3 is 5.32 Å². The molecule has 1 nitrogen and oxygen atoms in total. The summed E-state index contributed by atoms with van der Waals surface area (Å²) in [6, 6.07) is 4.73. The summed E-state index contributed by atoms with van der Waals surface area (Å²) in [5.74, 6) is 0.226. The Kier molecular flexibility index (Phi) is 6.66. The minimum Gasteiger partial charge on any atom is -0.310 e. The number of halogens is 2. The van der Waals surface area contributed by atoms with Gasteiger partial charge in [0, 0.05) is 11.1 Å². The zero-order valence-corrected chi connectivity index (χ0v) is 12.2. The maximum atomic E-state index is 13.4. The van der Waals surface area contributed by atoms with Crippen molar-refractivity contribution in [3.63, 3.8) is 0 Å². The minimum absolute atomic E-state index is 0.129. The Hall–Kier alpha value is -0.600. The van der Waals surface area contributed by atoms with E-state index in [0.717, 1.165) is 18.5 Å². The Labute approximate surface area is 115 Å². The second kappa shape index (κ2) is 7.75. The summed E-state index contributed by atoms with van der Waals surface area (Å²) in [6.45, 7) is 7.30. The molecule has 1 N–H and O–H groups in total. The molecule has 18 heavy (non-hydrogen) atoms. The van der Waals surface area contributed by atoms with Crippen molar-refractivity contribution in [1.82, 2.24) is 5.32 Å². The molecule has 0 aliphatic heterocycles. The second-order valence-electron chi connectivity index (χ2n) is 4.82. The van der Waals surface area contributed by atoms with Gasteiger partial charge in [-0.25, -0.2) is 4.39 Å². The van der Waals surface area contributed by atoms with Crippen LogP contribution in [0.25, 0.3) is 0 Å². The molecular formula is C15H23ClFN. The normalized spacial score (nSPS) is 14.5. The van der Waals surface area contributed by atoms with E-state index < -0.39 is 0 Å². The van der Waals surface area contributed by atoms with Crippen LogP contribution in [0.2, 0.25) is 5.02 Å². The smallest absolute Gasteiger partial charge is 0.123 e. The molecule has 3 heteroatoms. The van der Waals surface area contributed by atoms with Gasteiger partial charge in [0.15, 0.2) is 0 Å². The predicted molar refractivity (Wildman–Crippen MR) is 76.5 cm³/mol. The molecule has 0 bridgehead atoms. The molecule has 0 saturated heterocycles. The molecular weight excluding hydrogens is 249 g/mol. The highest BCUT2D eigenvalue weighted by atomic mass is 35.5. The third-order valence-corrected chi connectivity index (χ3v) is 3.64. The molecule has 0 aliphatic carbocycles. The van der Waals surface area contributed by atoms with Gasteiger partial charge in [-0.2, -0.15) is 0 Å². The molecule has 0 fully saturated rings. The lowest BCUT2D eigenvalue weighted by atomic mass is 9.90. The Morgan fingerprint density at radius 1 is 1.33 bits per heavy atom. The van der Waals surface area contributed by atoms with Crippen LogP contribution in [0, 0.1) is 11.7 Å². The highest BCUT2D eigenvalue weighted by molar-refractivity contribution is 6.31. The fourth-order valence-electron chi connectivity index (χ4n) is 2.28. The van der Waals surface area contributed by atoms with Crippen molar-refractivity contribution in [2.45, 2.75) is 46.1 Å². The molecule has 0 aromatic heterocycles. The lowest BCUT2D eigenvalue weighted by Gasteiger charge is -2.26. The number of unbranched alkanes of at least 4 members (excludes halogenated alkanes) is 1. The van der Waals surface area contributed by atoms with E-state index in [1.165, 1.54) is 18.9 Å². The fourth-order valence-corrected chi connectivity index (χ4v) is 2.52. The Morgan fingerprint density at radius 2 is 2.06 bits per heavy atom. The maximum absolute atomic E-state index is 13.4. The van der Waals surface area contributed by atoms with Crippen LogP contribution in [0.1, 0.15) is 51.6 Å². The minimum atomic E-state index is -0.222. The van der Waals surface area contributed by atoms with Crippen molar-refractivity contribution in [2.24, 2.45) is 5.92 Å². The highest BCUT2D eigenvalue weighted by Gasteiger charge is 2.20. The van der Waals surface area contributed by atoms with Crippen molar-refractivity contribution < 1.29 is 4.39 Å². The van der Waals surface area contributed by atoms with Crippen LogP contribution in [0.15, 0.2) is 18.2 Å². The van der Waals surface area contributed by atoms with Crippen LogP contribution >= 0.6 is 11.6 Å². The average molecular weight is 272 g/mol. The lowest BCUT2D eigenvalue weighted by Crippen LogP contribution is -2.27. The van der Waals surface area contributed by atoms with Crippen LogP contribution < -0.4 is 5.32 Å². The van der Waals surface area contributed by atoms with Crippen molar-refractivity contribution in [3.05, 3.63) is 34.6 Å².